The highest BCUT2D eigenvalue weighted by Gasteiger charge is 2.45. The van der Waals surface area contributed by atoms with Crippen LogP contribution < -0.4 is 5.32 Å². The van der Waals surface area contributed by atoms with Crippen molar-refractivity contribution in [2.24, 2.45) is 0 Å². The smallest absolute Gasteiger partial charge is 0.407 e. The molecule has 0 saturated carbocycles. The van der Waals surface area contributed by atoms with Gasteiger partial charge in [0.15, 0.2) is 0 Å². The number of carbonyl (C=O) groups is 2. The molecule has 2 atom stereocenters. The second kappa shape index (κ2) is 7.63. The Bertz CT molecular complexity index is 757. The number of hydrogen-bond donors (Lipinski definition) is 1. The molecule has 0 spiro atoms. The van der Waals surface area contributed by atoms with Crippen LogP contribution in [0.3, 0.4) is 0 Å². The summed E-state index contributed by atoms with van der Waals surface area (Å²) in [6.07, 6.45) is -0.553. The summed E-state index contributed by atoms with van der Waals surface area (Å²) in [6, 6.07) is 6.25. The van der Waals surface area contributed by atoms with Crippen LogP contribution in [-0.2, 0) is 24.3 Å². The van der Waals surface area contributed by atoms with Crippen molar-refractivity contribution in [1.82, 2.24) is 9.62 Å². The fourth-order valence-corrected chi connectivity index (χ4v) is 4.38. The van der Waals surface area contributed by atoms with Gasteiger partial charge in [0.05, 0.1) is 12.0 Å². The molecule has 8 nitrogen and oxygen atoms in total. The molecule has 1 fully saturated rings. The van der Waals surface area contributed by atoms with Gasteiger partial charge in [0, 0.05) is 12.6 Å². The summed E-state index contributed by atoms with van der Waals surface area (Å²) in [6.45, 7) is 5.14. The first-order valence-corrected chi connectivity index (χ1v) is 9.63. The first-order chi connectivity index (χ1) is 12.0. The van der Waals surface area contributed by atoms with Gasteiger partial charge in [0.2, 0.25) is 10.0 Å². The molecular formula is C17H24N2O6S. The van der Waals surface area contributed by atoms with E-state index < -0.39 is 39.8 Å². The van der Waals surface area contributed by atoms with Gasteiger partial charge in [-0.05, 0) is 39.3 Å². The van der Waals surface area contributed by atoms with Crippen LogP contribution in [0, 0.1) is 0 Å². The second-order valence-electron chi connectivity index (χ2n) is 7.01. The maximum Gasteiger partial charge on any atom is 0.407 e. The van der Waals surface area contributed by atoms with Gasteiger partial charge < -0.3 is 14.8 Å². The van der Waals surface area contributed by atoms with E-state index in [9.17, 15) is 18.0 Å². The molecule has 1 aromatic rings. The fraction of sp³-hybridized carbons (Fsp3) is 0.529. The Morgan fingerprint density at radius 3 is 2.35 bits per heavy atom. The molecule has 1 N–H and O–H groups in total. The highest BCUT2D eigenvalue weighted by Crippen LogP contribution is 2.27. The van der Waals surface area contributed by atoms with E-state index >= 15 is 0 Å². The van der Waals surface area contributed by atoms with E-state index in [4.69, 9.17) is 9.47 Å². The quantitative estimate of drug-likeness (QED) is 0.790. The number of esters is 1. The van der Waals surface area contributed by atoms with E-state index in [2.05, 4.69) is 5.32 Å². The average Bonchev–Trinajstić information content (AvgIpc) is 2.97. The zero-order chi connectivity index (χ0) is 19.5. The third-order valence-electron chi connectivity index (χ3n) is 3.80. The summed E-state index contributed by atoms with van der Waals surface area (Å²) in [4.78, 5) is 24.1. The number of nitrogens with zero attached hydrogens (tertiary/aromatic N) is 1. The molecule has 0 aliphatic carbocycles. The highest BCUT2D eigenvalue weighted by molar-refractivity contribution is 7.89. The number of rotatable bonds is 4. The van der Waals surface area contributed by atoms with E-state index in [1.807, 2.05) is 0 Å². The third-order valence-corrected chi connectivity index (χ3v) is 5.69. The number of hydrogen-bond acceptors (Lipinski definition) is 6. The van der Waals surface area contributed by atoms with Gasteiger partial charge in [0.25, 0.3) is 0 Å². The molecular weight excluding hydrogens is 360 g/mol. The molecule has 0 radical (unpaired) electrons. The zero-order valence-electron chi connectivity index (χ0n) is 15.3. The van der Waals surface area contributed by atoms with Crippen LogP contribution in [-0.4, -0.2) is 56.1 Å². The number of carbonyl (C=O) groups excluding carboxylic acids is 2. The monoisotopic (exact) mass is 384 g/mol. The average molecular weight is 384 g/mol. The lowest BCUT2D eigenvalue weighted by Crippen LogP contribution is -2.42. The zero-order valence-corrected chi connectivity index (χ0v) is 16.1. The van der Waals surface area contributed by atoms with E-state index in [0.717, 1.165) is 4.31 Å². The Kier molecular flexibility index (Phi) is 5.92. The minimum absolute atomic E-state index is 0.0454. The third kappa shape index (κ3) is 4.73. The second-order valence-corrected chi connectivity index (χ2v) is 8.90. The largest absolute Gasteiger partial charge is 0.468 e. The molecule has 1 aliphatic heterocycles. The Labute approximate surface area is 153 Å². The molecule has 1 aromatic carbocycles. The minimum Gasteiger partial charge on any atom is -0.468 e. The molecule has 0 bridgehead atoms. The lowest BCUT2D eigenvalue weighted by atomic mass is 10.2. The summed E-state index contributed by atoms with van der Waals surface area (Å²) < 4.78 is 36.8. The number of methoxy groups -OCH3 is 1. The number of alkyl carbamates (subject to hydrolysis) is 1. The molecule has 26 heavy (non-hydrogen) atoms. The molecule has 2 rings (SSSR count). The Morgan fingerprint density at radius 1 is 1.19 bits per heavy atom. The van der Waals surface area contributed by atoms with Crippen LogP contribution in [0.1, 0.15) is 27.2 Å². The van der Waals surface area contributed by atoms with Crippen molar-refractivity contribution in [3.63, 3.8) is 0 Å². The van der Waals surface area contributed by atoms with E-state index in [1.54, 1.807) is 39.0 Å². The number of sulfonamides is 1. The van der Waals surface area contributed by atoms with Crippen LogP contribution in [0.15, 0.2) is 35.2 Å². The molecule has 1 amide bonds. The normalized spacial score (nSPS) is 21.2. The fourth-order valence-electron chi connectivity index (χ4n) is 2.73. The predicted molar refractivity (Wildman–Crippen MR) is 93.9 cm³/mol. The highest BCUT2D eigenvalue weighted by atomic mass is 32.2. The van der Waals surface area contributed by atoms with E-state index in [-0.39, 0.29) is 17.9 Å². The number of ether oxygens (including phenoxy) is 2. The molecule has 9 heteroatoms. The molecule has 0 aromatic heterocycles. The van der Waals surface area contributed by atoms with Crippen molar-refractivity contribution in [1.29, 1.82) is 0 Å². The molecule has 144 valence electrons. The van der Waals surface area contributed by atoms with E-state index in [1.165, 1.54) is 19.2 Å². The number of nitrogens with one attached hydrogen (secondary N) is 1. The van der Waals surface area contributed by atoms with Gasteiger partial charge in [-0.1, -0.05) is 18.2 Å². The Morgan fingerprint density at radius 2 is 1.81 bits per heavy atom. The van der Waals surface area contributed by atoms with Crippen LogP contribution in [0.4, 0.5) is 4.79 Å². The van der Waals surface area contributed by atoms with Crippen molar-refractivity contribution >= 4 is 22.1 Å². The van der Waals surface area contributed by atoms with Crippen molar-refractivity contribution in [3.8, 4) is 0 Å². The summed E-state index contributed by atoms with van der Waals surface area (Å²) >= 11 is 0. The van der Waals surface area contributed by atoms with Crippen LogP contribution in [0.5, 0.6) is 0 Å². The Hall–Kier alpha value is -2.13. The lowest BCUT2D eigenvalue weighted by molar-refractivity contribution is -0.144. The molecule has 1 unspecified atom stereocenters. The van der Waals surface area contributed by atoms with E-state index in [0.29, 0.717) is 0 Å². The SMILES string of the molecule is COC(=O)C1C[C@@H](NC(=O)OC(C)(C)C)CN1S(=O)(=O)c1ccccc1. The summed E-state index contributed by atoms with van der Waals surface area (Å²) in [5, 5.41) is 2.62. The van der Waals surface area contributed by atoms with Crippen molar-refractivity contribution in [3.05, 3.63) is 30.3 Å². The lowest BCUT2D eigenvalue weighted by Gasteiger charge is -2.22. The predicted octanol–water partition coefficient (Wildman–Crippen LogP) is 1.52. The maximum absolute atomic E-state index is 12.9. The van der Waals surface area contributed by atoms with Crippen LogP contribution in [0.2, 0.25) is 0 Å². The standard InChI is InChI=1S/C17H24N2O6S/c1-17(2,3)25-16(21)18-12-10-14(15(20)24-4)19(11-12)26(22,23)13-8-6-5-7-9-13/h5-9,12,14H,10-11H2,1-4H3,(H,18,21)/t12-,14?/m1/s1. The molecule has 1 aliphatic rings. The molecule has 1 heterocycles. The maximum atomic E-state index is 12.9. The van der Waals surface area contributed by atoms with Gasteiger partial charge in [0.1, 0.15) is 11.6 Å². The summed E-state index contributed by atoms with van der Waals surface area (Å²) in [7, 11) is -2.71. The van der Waals surface area contributed by atoms with Crippen molar-refractivity contribution in [2.45, 2.75) is 49.8 Å². The van der Waals surface area contributed by atoms with Gasteiger partial charge in [-0.3, -0.25) is 4.79 Å². The van der Waals surface area contributed by atoms with Gasteiger partial charge in [-0.25, -0.2) is 13.2 Å². The van der Waals surface area contributed by atoms with Gasteiger partial charge >= 0.3 is 12.1 Å². The minimum atomic E-state index is -3.91. The van der Waals surface area contributed by atoms with Crippen LogP contribution >= 0.6 is 0 Å². The van der Waals surface area contributed by atoms with Gasteiger partial charge in [-0.2, -0.15) is 4.31 Å². The summed E-state index contributed by atoms with van der Waals surface area (Å²) in [5.41, 5.74) is -0.680. The molecule has 1 saturated heterocycles. The number of benzene rings is 1. The van der Waals surface area contributed by atoms with Crippen molar-refractivity contribution < 1.29 is 27.5 Å². The first-order valence-electron chi connectivity index (χ1n) is 8.19. The Balaban J connectivity index is 2.22. The first kappa shape index (κ1) is 20.2. The van der Waals surface area contributed by atoms with Gasteiger partial charge in [-0.15, -0.1) is 0 Å². The van der Waals surface area contributed by atoms with Crippen molar-refractivity contribution in [2.75, 3.05) is 13.7 Å². The topological polar surface area (TPSA) is 102 Å². The number of amides is 1. The van der Waals surface area contributed by atoms with Crippen LogP contribution in [0.25, 0.3) is 0 Å². The summed E-state index contributed by atoms with van der Waals surface area (Å²) in [5.74, 6) is -0.669.